The Morgan fingerprint density at radius 1 is 1.33 bits per heavy atom. The lowest BCUT2D eigenvalue weighted by Crippen LogP contribution is -2.33. The molecule has 0 heterocycles. The second-order valence-corrected chi connectivity index (χ2v) is 3.89. The van der Waals surface area contributed by atoms with E-state index in [1.807, 2.05) is 0 Å². The van der Waals surface area contributed by atoms with Gasteiger partial charge in [-0.3, -0.25) is 9.59 Å². The molecular weight excluding hydrogens is 262 g/mol. The Kier molecular flexibility index (Phi) is 3.85. The van der Waals surface area contributed by atoms with Crippen molar-refractivity contribution in [1.29, 1.82) is 0 Å². The summed E-state index contributed by atoms with van der Waals surface area (Å²) in [5, 5.41) is 8.65. The summed E-state index contributed by atoms with van der Waals surface area (Å²) in [6.07, 6.45) is 0. The molecule has 1 amide bonds. The van der Waals surface area contributed by atoms with E-state index in [-0.39, 0.29) is 12.5 Å². The zero-order valence-electron chi connectivity index (χ0n) is 8.11. The topological polar surface area (TPSA) is 57.6 Å². The van der Waals surface area contributed by atoms with Crippen LogP contribution < -0.4 is 4.90 Å². The van der Waals surface area contributed by atoms with E-state index in [2.05, 4.69) is 15.9 Å². The first-order valence-corrected chi connectivity index (χ1v) is 5.05. The Hall–Kier alpha value is -1.36. The molecule has 0 unspecified atom stereocenters. The number of anilines is 1. The molecule has 0 aliphatic carbocycles. The molecule has 4 nitrogen and oxygen atoms in total. The quantitative estimate of drug-likeness (QED) is 0.914. The lowest BCUT2D eigenvalue weighted by atomic mass is 10.3. The van der Waals surface area contributed by atoms with Crippen LogP contribution in [0.1, 0.15) is 6.92 Å². The highest BCUT2D eigenvalue weighted by molar-refractivity contribution is 9.10. The van der Waals surface area contributed by atoms with E-state index in [0.29, 0.717) is 5.69 Å². The second-order valence-electron chi connectivity index (χ2n) is 2.98. The fourth-order valence-corrected chi connectivity index (χ4v) is 1.41. The second kappa shape index (κ2) is 4.93. The first kappa shape index (κ1) is 11.7. The van der Waals surface area contributed by atoms with Crippen LogP contribution in [0.3, 0.4) is 0 Å². The zero-order chi connectivity index (χ0) is 11.4. The molecule has 0 spiro atoms. The van der Waals surface area contributed by atoms with E-state index in [0.717, 1.165) is 4.47 Å². The van der Waals surface area contributed by atoms with E-state index in [4.69, 9.17) is 5.11 Å². The van der Waals surface area contributed by atoms with Crippen LogP contribution in [0, 0.1) is 0 Å². The number of halogens is 1. The van der Waals surface area contributed by atoms with Gasteiger partial charge in [-0.2, -0.15) is 0 Å². The van der Waals surface area contributed by atoms with E-state index in [1.54, 1.807) is 24.3 Å². The van der Waals surface area contributed by atoms with Gasteiger partial charge in [-0.05, 0) is 24.3 Å². The summed E-state index contributed by atoms with van der Waals surface area (Å²) in [4.78, 5) is 23.0. The third kappa shape index (κ3) is 3.36. The highest BCUT2D eigenvalue weighted by atomic mass is 79.9. The highest BCUT2D eigenvalue weighted by Crippen LogP contribution is 2.18. The lowest BCUT2D eigenvalue weighted by Gasteiger charge is -2.18. The van der Waals surface area contributed by atoms with Crippen molar-refractivity contribution in [2.45, 2.75) is 6.92 Å². The van der Waals surface area contributed by atoms with E-state index in [1.165, 1.54) is 11.8 Å². The predicted octanol–water partition coefficient (Wildman–Crippen LogP) is 1.89. The Bertz CT molecular complexity index is 375. The van der Waals surface area contributed by atoms with Crippen molar-refractivity contribution in [3.63, 3.8) is 0 Å². The molecule has 1 rings (SSSR count). The Morgan fingerprint density at radius 2 is 1.87 bits per heavy atom. The Balaban J connectivity index is 2.94. The fourth-order valence-electron chi connectivity index (χ4n) is 1.14. The number of carboxylic acid groups (broad SMARTS) is 1. The molecule has 0 aliphatic rings. The van der Waals surface area contributed by atoms with Gasteiger partial charge in [0.05, 0.1) is 0 Å². The first-order chi connectivity index (χ1) is 7.00. The number of carboxylic acids is 1. The fraction of sp³-hybridized carbons (Fsp3) is 0.200. The van der Waals surface area contributed by atoms with Gasteiger partial charge in [0.2, 0.25) is 5.91 Å². The average Bonchev–Trinajstić information content (AvgIpc) is 2.15. The Labute approximate surface area is 95.6 Å². The van der Waals surface area contributed by atoms with Crippen LogP contribution in [0.25, 0.3) is 0 Å². The van der Waals surface area contributed by atoms with Crippen molar-refractivity contribution in [3.8, 4) is 0 Å². The van der Waals surface area contributed by atoms with Crippen LogP contribution in [-0.4, -0.2) is 23.5 Å². The van der Waals surface area contributed by atoms with Crippen LogP contribution in [0.2, 0.25) is 0 Å². The minimum absolute atomic E-state index is 0.292. The summed E-state index contributed by atoms with van der Waals surface area (Å²) < 4.78 is 0.880. The molecule has 1 N–H and O–H groups in total. The van der Waals surface area contributed by atoms with Gasteiger partial charge in [0.15, 0.2) is 0 Å². The number of rotatable bonds is 3. The summed E-state index contributed by atoms with van der Waals surface area (Å²) >= 11 is 3.26. The number of amides is 1. The summed E-state index contributed by atoms with van der Waals surface area (Å²) in [6, 6.07) is 6.89. The summed E-state index contributed by atoms with van der Waals surface area (Å²) in [5.74, 6) is -1.33. The summed E-state index contributed by atoms with van der Waals surface area (Å²) in [7, 11) is 0. The van der Waals surface area contributed by atoms with Gasteiger partial charge in [0, 0.05) is 17.1 Å². The maximum atomic E-state index is 11.2. The molecule has 80 valence electrons. The number of hydrogen-bond donors (Lipinski definition) is 1. The third-order valence-electron chi connectivity index (χ3n) is 1.81. The summed E-state index contributed by atoms with van der Waals surface area (Å²) in [5.41, 5.74) is 0.577. The monoisotopic (exact) mass is 271 g/mol. The summed E-state index contributed by atoms with van der Waals surface area (Å²) in [6.45, 7) is 1.02. The average molecular weight is 272 g/mol. The number of nitrogens with zero attached hydrogens (tertiary/aromatic N) is 1. The third-order valence-corrected chi connectivity index (χ3v) is 2.34. The van der Waals surface area contributed by atoms with E-state index in [9.17, 15) is 9.59 Å². The molecule has 1 aromatic carbocycles. The van der Waals surface area contributed by atoms with Crippen LogP contribution in [0.15, 0.2) is 28.7 Å². The standard InChI is InChI=1S/C10H10BrNO3/c1-7(13)12(6-10(14)15)9-4-2-8(11)3-5-9/h2-5H,6H2,1H3,(H,14,15). The number of hydrogen-bond acceptors (Lipinski definition) is 2. The van der Waals surface area contributed by atoms with Crippen molar-refractivity contribution in [1.82, 2.24) is 0 Å². The molecule has 0 aromatic heterocycles. The number of aliphatic carboxylic acids is 1. The molecule has 15 heavy (non-hydrogen) atoms. The SMILES string of the molecule is CC(=O)N(CC(=O)O)c1ccc(Br)cc1. The molecular formula is C10H10BrNO3. The van der Waals surface area contributed by atoms with E-state index >= 15 is 0 Å². The smallest absolute Gasteiger partial charge is 0.323 e. The minimum atomic E-state index is -1.03. The Morgan fingerprint density at radius 3 is 2.27 bits per heavy atom. The van der Waals surface area contributed by atoms with Gasteiger partial charge in [-0.15, -0.1) is 0 Å². The molecule has 0 fully saturated rings. The predicted molar refractivity (Wildman–Crippen MR) is 59.8 cm³/mol. The molecule has 0 aliphatic heterocycles. The van der Waals surface area contributed by atoms with Crippen molar-refractivity contribution >= 4 is 33.5 Å². The molecule has 0 radical (unpaired) electrons. The number of carbonyl (C=O) groups excluding carboxylic acids is 1. The van der Waals surface area contributed by atoms with Crippen LogP contribution in [0.4, 0.5) is 5.69 Å². The van der Waals surface area contributed by atoms with Crippen LogP contribution >= 0.6 is 15.9 Å². The largest absolute Gasteiger partial charge is 0.480 e. The van der Waals surface area contributed by atoms with Crippen molar-refractivity contribution in [3.05, 3.63) is 28.7 Å². The molecule has 0 bridgehead atoms. The number of carbonyl (C=O) groups is 2. The molecule has 0 saturated carbocycles. The molecule has 0 saturated heterocycles. The van der Waals surface area contributed by atoms with Crippen LogP contribution in [0.5, 0.6) is 0 Å². The van der Waals surface area contributed by atoms with Gasteiger partial charge in [-0.1, -0.05) is 15.9 Å². The van der Waals surface area contributed by atoms with Crippen LogP contribution in [-0.2, 0) is 9.59 Å². The maximum Gasteiger partial charge on any atom is 0.323 e. The van der Waals surface area contributed by atoms with Crippen molar-refractivity contribution in [2.24, 2.45) is 0 Å². The van der Waals surface area contributed by atoms with Gasteiger partial charge >= 0.3 is 5.97 Å². The zero-order valence-corrected chi connectivity index (χ0v) is 9.69. The van der Waals surface area contributed by atoms with Gasteiger partial charge in [-0.25, -0.2) is 0 Å². The van der Waals surface area contributed by atoms with Gasteiger partial charge < -0.3 is 10.0 Å². The first-order valence-electron chi connectivity index (χ1n) is 4.26. The normalized spacial score (nSPS) is 9.73. The van der Waals surface area contributed by atoms with Gasteiger partial charge in [0.25, 0.3) is 0 Å². The molecule has 1 aromatic rings. The number of benzene rings is 1. The van der Waals surface area contributed by atoms with Crippen molar-refractivity contribution in [2.75, 3.05) is 11.4 Å². The van der Waals surface area contributed by atoms with Gasteiger partial charge in [0.1, 0.15) is 6.54 Å². The minimum Gasteiger partial charge on any atom is -0.480 e. The lowest BCUT2D eigenvalue weighted by molar-refractivity contribution is -0.136. The van der Waals surface area contributed by atoms with Crippen molar-refractivity contribution < 1.29 is 14.7 Å². The highest BCUT2D eigenvalue weighted by Gasteiger charge is 2.14. The maximum absolute atomic E-state index is 11.2. The molecule has 5 heteroatoms. The van der Waals surface area contributed by atoms with E-state index < -0.39 is 5.97 Å². The molecule has 0 atom stereocenters.